The third kappa shape index (κ3) is 3.99. The fourth-order valence-electron chi connectivity index (χ4n) is 1.92. The Bertz CT molecular complexity index is 171. The summed E-state index contributed by atoms with van der Waals surface area (Å²) in [5, 5.41) is 6.77. The zero-order valence-corrected chi connectivity index (χ0v) is 9.47. The van der Waals surface area contributed by atoms with Gasteiger partial charge in [-0.3, -0.25) is 4.99 Å². The molecule has 0 aromatic carbocycles. The lowest BCUT2D eigenvalue weighted by Crippen LogP contribution is -2.44. The molecule has 0 spiro atoms. The summed E-state index contributed by atoms with van der Waals surface area (Å²) < 4.78 is 0. The second-order valence-electron chi connectivity index (χ2n) is 3.83. The Morgan fingerprint density at radius 3 is 2.50 bits per heavy atom. The van der Waals surface area contributed by atoms with E-state index in [1.807, 2.05) is 0 Å². The van der Waals surface area contributed by atoms with Crippen LogP contribution in [0.2, 0.25) is 0 Å². The SMILES string of the molecule is CCN=C(NCC)NC1CCCCC1. The molecule has 0 saturated heterocycles. The topological polar surface area (TPSA) is 36.4 Å². The van der Waals surface area contributed by atoms with Gasteiger partial charge in [0, 0.05) is 19.1 Å². The van der Waals surface area contributed by atoms with E-state index in [4.69, 9.17) is 0 Å². The molecular formula is C11H23N3. The van der Waals surface area contributed by atoms with E-state index in [0.717, 1.165) is 19.0 Å². The van der Waals surface area contributed by atoms with Crippen LogP contribution < -0.4 is 10.6 Å². The van der Waals surface area contributed by atoms with Gasteiger partial charge in [-0.2, -0.15) is 0 Å². The second-order valence-corrected chi connectivity index (χ2v) is 3.83. The molecule has 0 aromatic heterocycles. The van der Waals surface area contributed by atoms with Crippen molar-refractivity contribution >= 4 is 5.96 Å². The van der Waals surface area contributed by atoms with E-state index in [1.165, 1.54) is 32.1 Å². The van der Waals surface area contributed by atoms with Gasteiger partial charge in [0.1, 0.15) is 0 Å². The Balaban J connectivity index is 2.33. The number of nitrogens with zero attached hydrogens (tertiary/aromatic N) is 1. The zero-order chi connectivity index (χ0) is 10.2. The molecule has 0 unspecified atom stereocenters. The maximum atomic E-state index is 4.40. The van der Waals surface area contributed by atoms with E-state index in [1.54, 1.807) is 0 Å². The van der Waals surface area contributed by atoms with Gasteiger partial charge in [0.25, 0.3) is 0 Å². The molecule has 1 aliphatic carbocycles. The van der Waals surface area contributed by atoms with Gasteiger partial charge in [-0.15, -0.1) is 0 Å². The largest absolute Gasteiger partial charge is 0.357 e. The first kappa shape index (κ1) is 11.3. The number of aliphatic imine (C=N–C) groups is 1. The Hall–Kier alpha value is -0.730. The maximum Gasteiger partial charge on any atom is 0.191 e. The van der Waals surface area contributed by atoms with Crippen LogP contribution in [0.1, 0.15) is 46.0 Å². The number of hydrogen-bond donors (Lipinski definition) is 2. The monoisotopic (exact) mass is 197 g/mol. The van der Waals surface area contributed by atoms with Crippen LogP contribution in [0.15, 0.2) is 4.99 Å². The molecular weight excluding hydrogens is 174 g/mol. The van der Waals surface area contributed by atoms with E-state index in [2.05, 4.69) is 29.5 Å². The molecule has 3 nitrogen and oxygen atoms in total. The third-order valence-corrected chi connectivity index (χ3v) is 2.61. The van der Waals surface area contributed by atoms with Crippen LogP contribution in [0.3, 0.4) is 0 Å². The molecule has 0 aromatic rings. The summed E-state index contributed by atoms with van der Waals surface area (Å²) in [6.07, 6.45) is 6.73. The van der Waals surface area contributed by atoms with Crippen LogP contribution in [0.25, 0.3) is 0 Å². The van der Waals surface area contributed by atoms with E-state index in [-0.39, 0.29) is 0 Å². The molecule has 0 atom stereocenters. The molecule has 0 heterocycles. The predicted octanol–water partition coefficient (Wildman–Crippen LogP) is 1.89. The smallest absolute Gasteiger partial charge is 0.191 e. The Morgan fingerprint density at radius 2 is 1.93 bits per heavy atom. The number of guanidine groups is 1. The summed E-state index contributed by atoms with van der Waals surface area (Å²) >= 11 is 0. The Kier molecular flexibility index (Phi) is 5.42. The Morgan fingerprint density at radius 1 is 1.21 bits per heavy atom. The second kappa shape index (κ2) is 6.68. The molecule has 2 N–H and O–H groups in total. The summed E-state index contributed by atoms with van der Waals surface area (Å²) in [5.41, 5.74) is 0. The van der Waals surface area contributed by atoms with Gasteiger partial charge in [0.2, 0.25) is 0 Å². The van der Waals surface area contributed by atoms with Gasteiger partial charge in [-0.05, 0) is 26.7 Å². The van der Waals surface area contributed by atoms with Crippen LogP contribution in [-0.4, -0.2) is 25.1 Å². The first-order chi connectivity index (χ1) is 6.86. The lowest BCUT2D eigenvalue weighted by atomic mass is 9.96. The van der Waals surface area contributed by atoms with Crippen molar-refractivity contribution in [1.82, 2.24) is 10.6 Å². The molecule has 14 heavy (non-hydrogen) atoms. The van der Waals surface area contributed by atoms with Gasteiger partial charge in [-0.1, -0.05) is 19.3 Å². The van der Waals surface area contributed by atoms with Gasteiger partial charge in [-0.25, -0.2) is 0 Å². The minimum Gasteiger partial charge on any atom is -0.357 e. The Labute approximate surface area is 87.4 Å². The van der Waals surface area contributed by atoms with Crippen LogP contribution in [0.4, 0.5) is 0 Å². The van der Waals surface area contributed by atoms with E-state index in [0.29, 0.717) is 6.04 Å². The van der Waals surface area contributed by atoms with Crippen molar-refractivity contribution in [2.45, 2.75) is 52.0 Å². The van der Waals surface area contributed by atoms with Crippen molar-refractivity contribution in [2.24, 2.45) is 4.99 Å². The standard InChI is InChI=1S/C11H23N3/c1-3-12-11(13-4-2)14-10-8-6-5-7-9-10/h10H,3-9H2,1-2H3,(H2,12,13,14). The van der Waals surface area contributed by atoms with Gasteiger partial charge < -0.3 is 10.6 Å². The lowest BCUT2D eigenvalue weighted by Gasteiger charge is -2.24. The third-order valence-electron chi connectivity index (χ3n) is 2.61. The van der Waals surface area contributed by atoms with Crippen LogP contribution >= 0.6 is 0 Å². The highest BCUT2D eigenvalue weighted by Crippen LogP contribution is 2.17. The van der Waals surface area contributed by atoms with Gasteiger partial charge in [0.15, 0.2) is 5.96 Å². The molecule has 0 aliphatic heterocycles. The quantitative estimate of drug-likeness (QED) is 0.535. The maximum absolute atomic E-state index is 4.40. The molecule has 0 bridgehead atoms. The van der Waals surface area contributed by atoms with Crippen molar-refractivity contribution in [2.75, 3.05) is 13.1 Å². The van der Waals surface area contributed by atoms with E-state index < -0.39 is 0 Å². The van der Waals surface area contributed by atoms with Crippen LogP contribution in [-0.2, 0) is 0 Å². The molecule has 1 rings (SSSR count). The summed E-state index contributed by atoms with van der Waals surface area (Å²) in [6.45, 7) is 5.97. The van der Waals surface area contributed by atoms with Gasteiger partial charge in [0.05, 0.1) is 0 Å². The van der Waals surface area contributed by atoms with Crippen molar-refractivity contribution in [3.05, 3.63) is 0 Å². The lowest BCUT2D eigenvalue weighted by molar-refractivity contribution is 0.410. The molecule has 1 saturated carbocycles. The highest BCUT2D eigenvalue weighted by Gasteiger charge is 2.13. The number of hydrogen-bond acceptors (Lipinski definition) is 1. The van der Waals surface area contributed by atoms with Gasteiger partial charge >= 0.3 is 0 Å². The minimum absolute atomic E-state index is 0.646. The minimum atomic E-state index is 0.646. The van der Waals surface area contributed by atoms with Crippen LogP contribution in [0.5, 0.6) is 0 Å². The number of nitrogens with one attached hydrogen (secondary N) is 2. The summed E-state index contributed by atoms with van der Waals surface area (Å²) in [6, 6.07) is 0.646. The molecule has 1 fully saturated rings. The zero-order valence-electron chi connectivity index (χ0n) is 9.47. The normalized spacial score (nSPS) is 19.4. The number of rotatable bonds is 3. The average Bonchev–Trinajstić information content (AvgIpc) is 2.20. The molecule has 1 aliphatic rings. The van der Waals surface area contributed by atoms with Crippen molar-refractivity contribution in [3.63, 3.8) is 0 Å². The van der Waals surface area contributed by atoms with Crippen molar-refractivity contribution < 1.29 is 0 Å². The predicted molar refractivity (Wildman–Crippen MR) is 61.7 cm³/mol. The highest BCUT2D eigenvalue weighted by atomic mass is 15.2. The van der Waals surface area contributed by atoms with Crippen LogP contribution in [0, 0.1) is 0 Å². The molecule has 82 valence electrons. The average molecular weight is 197 g/mol. The summed E-state index contributed by atoms with van der Waals surface area (Å²) in [7, 11) is 0. The summed E-state index contributed by atoms with van der Waals surface area (Å²) in [4.78, 5) is 4.40. The van der Waals surface area contributed by atoms with E-state index in [9.17, 15) is 0 Å². The molecule has 3 heteroatoms. The molecule has 0 amide bonds. The fourth-order valence-corrected chi connectivity index (χ4v) is 1.92. The van der Waals surface area contributed by atoms with Crippen molar-refractivity contribution in [3.8, 4) is 0 Å². The summed E-state index contributed by atoms with van der Waals surface area (Å²) in [5.74, 6) is 0.988. The molecule has 0 radical (unpaired) electrons. The first-order valence-electron chi connectivity index (χ1n) is 5.91. The first-order valence-corrected chi connectivity index (χ1v) is 5.91. The highest BCUT2D eigenvalue weighted by molar-refractivity contribution is 5.80. The van der Waals surface area contributed by atoms with E-state index >= 15 is 0 Å². The van der Waals surface area contributed by atoms with Crippen molar-refractivity contribution in [1.29, 1.82) is 0 Å². The fraction of sp³-hybridized carbons (Fsp3) is 0.909.